The van der Waals surface area contributed by atoms with E-state index in [1.807, 2.05) is 30.3 Å². The lowest BCUT2D eigenvalue weighted by Crippen LogP contribution is -2.44. The fraction of sp³-hybridized carbons (Fsp3) is 0.400. The van der Waals surface area contributed by atoms with Crippen molar-refractivity contribution in [1.29, 1.82) is 0 Å². The maximum Gasteiger partial charge on any atom is 0.243 e. The summed E-state index contributed by atoms with van der Waals surface area (Å²) in [6.07, 6.45) is 6.97. The van der Waals surface area contributed by atoms with E-state index in [2.05, 4.69) is 76.2 Å². The van der Waals surface area contributed by atoms with Crippen molar-refractivity contribution in [2.45, 2.75) is 49.5 Å². The number of carbonyl (C=O) groups excluding carboxylic acids is 1. The van der Waals surface area contributed by atoms with Crippen LogP contribution >= 0.6 is 36.4 Å². The third-order valence-electron chi connectivity index (χ3n) is 8.94. The topological polar surface area (TPSA) is 64.6 Å². The van der Waals surface area contributed by atoms with Crippen molar-refractivity contribution in [3.05, 3.63) is 118 Å². The molecule has 2 saturated heterocycles. The maximum absolute atomic E-state index is 13.1. The first kappa shape index (κ1) is 35.1. The Kier molecular flexibility index (Phi) is 13.6. The lowest BCUT2D eigenvalue weighted by atomic mass is 9.71. The number of hydrogen-bond acceptors (Lipinski definition) is 4. The Hall–Kier alpha value is -2.38. The average molecular weight is 645 g/mol. The number of hydrogen-bond donors (Lipinski definition) is 3. The predicted octanol–water partition coefficient (Wildman–Crippen LogP) is 6.66. The number of likely N-dealkylation sites (tertiary alicyclic amines) is 1. The van der Waals surface area contributed by atoms with E-state index in [1.54, 1.807) is 0 Å². The van der Waals surface area contributed by atoms with Crippen LogP contribution in [0.5, 0.6) is 0 Å². The van der Waals surface area contributed by atoms with Crippen LogP contribution in [0.2, 0.25) is 5.02 Å². The van der Waals surface area contributed by atoms with Crippen molar-refractivity contribution in [2.75, 3.05) is 39.3 Å². The van der Waals surface area contributed by atoms with Crippen molar-refractivity contribution in [1.82, 2.24) is 15.5 Å². The van der Waals surface area contributed by atoms with Gasteiger partial charge in [-0.3, -0.25) is 4.79 Å². The summed E-state index contributed by atoms with van der Waals surface area (Å²) in [5.74, 6) is -0.00403. The Morgan fingerprint density at radius 1 is 0.907 bits per heavy atom. The fourth-order valence-corrected chi connectivity index (χ4v) is 6.55. The largest absolute Gasteiger partial charge is 0.385 e. The number of halogens is 3. The van der Waals surface area contributed by atoms with Crippen molar-refractivity contribution < 1.29 is 9.90 Å². The lowest BCUT2D eigenvalue weighted by Gasteiger charge is -2.40. The monoisotopic (exact) mass is 643 g/mol. The summed E-state index contributed by atoms with van der Waals surface area (Å²) in [6, 6.07) is 28.8. The van der Waals surface area contributed by atoms with E-state index in [0.717, 1.165) is 64.0 Å². The summed E-state index contributed by atoms with van der Waals surface area (Å²) >= 11 is 6.07. The Bertz CT molecular complexity index is 1250. The van der Waals surface area contributed by atoms with Crippen LogP contribution in [0, 0.1) is 0 Å². The van der Waals surface area contributed by atoms with Gasteiger partial charge in [0.15, 0.2) is 0 Å². The number of nitrogens with one attached hydrogen (secondary N) is 2. The van der Waals surface area contributed by atoms with Gasteiger partial charge in [0.05, 0.1) is 5.60 Å². The van der Waals surface area contributed by atoms with Gasteiger partial charge in [-0.1, -0.05) is 90.0 Å². The van der Waals surface area contributed by atoms with Gasteiger partial charge in [0.1, 0.15) is 0 Å². The third-order valence-corrected chi connectivity index (χ3v) is 9.19. The molecule has 2 aliphatic heterocycles. The van der Waals surface area contributed by atoms with Gasteiger partial charge in [-0.15, -0.1) is 24.8 Å². The minimum atomic E-state index is -0.799. The number of nitrogens with zero attached hydrogens (tertiary/aromatic N) is 1. The summed E-state index contributed by atoms with van der Waals surface area (Å²) in [6.45, 7) is 5.06. The highest BCUT2D eigenvalue weighted by Crippen LogP contribution is 2.38. The van der Waals surface area contributed by atoms with Crippen LogP contribution in [0.25, 0.3) is 0 Å². The summed E-state index contributed by atoms with van der Waals surface area (Å²) in [5.41, 5.74) is 3.46. The summed E-state index contributed by atoms with van der Waals surface area (Å²) in [4.78, 5) is 15.6. The van der Waals surface area contributed by atoms with Gasteiger partial charge in [0.2, 0.25) is 5.91 Å². The van der Waals surface area contributed by atoms with Gasteiger partial charge in [0.25, 0.3) is 0 Å². The van der Waals surface area contributed by atoms with E-state index in [9.17, 15) is 9.90 Å². The molecule has 0 bridgehead atoms. The fourth-order valence-electron chi connectivity index (χ4n) is 6.43. The molecule has 0 aliphatic carbocycles. The molecule has 0 radical (unpaired) electrons. The van der Waals surface area contributed by atoms with E-state index in [1.165, 1.54) is 16.7 Å². The second kappa shape index (κ2) is 16.6. The van der Waals surface area contributed by atoms with E-state index in [-0.39, 0.29) is 36.1 Å². The summed E-state index contributed by atoms with van der Waals surface area (Å²) in [7, 11) is 0. The normalized spacial score (nSPS) is 16.8. The molecule has 0 aromatic heterocycles. The van der Waals surface area contributed by atoms with Crippen molar-refractivity contribution in [3.8, 4) is 0 Å². The lowest BCUT2D eigenvalue weighted by molar-refractivity contribution is -0.116. The number of rotatable bonds is 10. The molecule has 0 unspecified atom stereocenters. The number of piperidine rings is 2. The zero-order valence-electron chi connectivity index (χ0n) is 24.6. The van der Waals surface area contributed by atoms with Crippen LogP contribution in [0.3, 0.4) is 0 Å². The molecule has 2 heterocycles. The molecule has 2 aliphatic rings. The zero-order chi connectivity index (χ0) is 28.5. The highest BCUT2D eigenvalue weighted by atomic mass is 35.5. The first-order valence-corrected chi connectivity index (χ1v) is 15.3. The molecule has 3 aromatic carbocycles. The van der Waals surface area contributed by atoms with Gasteiger partial charge in [0, 0.05) is 36.1 Å². The summed E-state index contributed by atoms with van der Waals surface area (Å²) < 4.78 is 0. The molecule has 5 rings (SSSR count). The van der Waals surface area contributed by atoms with Gasteiger partial charge in [-0.2, -0.15) is 0 Å². The van der Waals surface area contributed by atoms with Crippen LogP contribution in [0.1, 0.15) is 55.2 Å². The van der Waals surface area contributed by atoms with Gasteiger partial charge in [-0.05, 0) is 87.0 Å². The van der Waals surface area contributed by atoms with Gasteiger partial charge < -0.3 is 20.6 Å². The minimum Gasteiger partial charge on any atom is -0.385 e. The van der Waals surface area contributed by atoms with Crippen LogP contribution in [0.4, 0.5) is 0 Å². The zero-order valence-corrected chi connectivity index (χ0v) is 27.0. The van der Waals surface area contributed by atoms with E-state index in [4.69, 9.17) is 11.6 Å². The number of amides is 1. The van der Waals surface area contributed by atoms with Crippen LogP contribution < -0.4 is 10.6 Å². The van der Waals surface area contributed by atoms with Crippen molar-refractivity contribution in [2.24, 2.45) is 0 Å². The molecule has 43 heavy (non-hydrogen) atoms. The second-order valence-corrected chi connectivity index (χ2v) is 12.0. The van der Waals surface area contributed by atoms with E-state index >= 15 is 0 Å². The molecule has 5 nitrogen and oxygen atoms in total. The maximum atomic E-state index is 13.1. The van der Waals surface area contributed by atoms with Crippen molar-refractivity contribution >= 4 is 42.3 Å². The molecular formula is C35H44Cl3N3O2. The van der Waals surface area contributed by atoms with Gasteiger partial charge >= 0.3 is 0 Å². The number of aliphatic hydroxyl groups is 1. The third kappa shape index (κ3) is 9.07. The molecule has 0 atom stereocenters. The molecule has 232 valence electrons. The molecular weight excluding hydrogens is 601 g/mol. The molecule has 3 aromatic rings. The van der Waals surface area contributed by atoms with Crippen LogP contribution in [-0.4, -0.2) is 55.2 Å². The SMILES string of the molecule is Cl.Cl.O=C(C=C1CCNCC1)NCC(CCCN1CCC(O)(c2ccc(Cl)cc2)CC1)(c1ccccc1)c1ccccc1. The Labute approximate surface area is 273 Å². The second-order valence-electron chi connectivity index (χ2n) is 11.6. The smallest absolute Gasteiger partial charge is 0.243 e. The molecule has 0 spiro atoms. The standard InChI is InChI=1S/C35H42ClN3O2.2ClH/c36-32-14-12-31(13-15-32)35(41)19-24-39(25-20-35)23-7-18-34(29-8-3-1-4-9-29,30-10-5-2-6-11-30)27-38-33(40)26-28-16-21-37-22-17-28;;/h1-6,8-15,26,37,41H,7,16-25,27H2,(H,38,40);2*1H. The number of carbonyl (C=O) groups is 1. The molecule has 2 fully saturated rings. The minimum absolute atomic E-state index is 0. The highest BCUT2D eigenvalue weighted by Gasteiger charge is 2.36. The van der Waals surface area contributed by atoms with E-state index in [0.29, 0.717) is 24.4 Å². The van der Waals surface area contributed by atoms with Crippen LogP contribution in [0.15, 0.2) is 96.6 Å². The molecule has 0 saturated carbocycles. The number of benzene rings is 3. The first-order valence-electron chi connectivity index (χ1n) is 15.0. The average Bonchev–Trinajstić information content (AvgIpc) is 3.01. The first-order chi connectivity index (χ1) is 20.0. The van der Waals surface area contributed by atoms with Crippen molar-refractivity contribution in [3.63, 3.8) is 0 Å². The van der Waals surface area contributed by atoms with E-state index < -0.39 is 5.60 Å². The molecule has 3 N–H and O–H groups in total. The molecule has 1 amide bonds. The Morgan fingerprint density at radius 2 is 1.47 bits per heavy atom. The quantitative estimate of drug-likeness (QED) is 0.216. The Morgan fingerprint density at radius 3 is 2.02 bits per heavy atom. The highest BCUT2D eigenvalue weighted by molar-refractivity contribution is 6.30. The Balaban J connectivity index is 0.00000253. The molecule has 8 heteroatoms. The summed E-state index contributed by atoms with van der Waals surface area (Å²) in [5, 5.41) is 18.7. The van der Waals surface area contributed by atoms with Gasteiger partial charge in [-0.25, -0.2) is 0 Å². The predicted molar refractivity (Wildman–Crippen MR) is 182 cm³/mol. The van der Waals surface area contributed by atoms with Crippen LogP contribution in [-0.2, 0) is 15.8 Å².